The molecule has 28 heteroatoms. The second-order valence-electron chi connectivity index (χ2n) is 25.5. The molecule has 3 fully saturated rings. The Labute approximate surface area is 533 Å². The predicted molar refractivity (Wildman–Crippen MR) is 334 cm³/mol. The summed E-state index contributed by atoms with van der Waals surface area (Å²) in [4.78, 5) is 170. The molecule has 1 saturated carbocycles. The van der Waals surface area contributed by atoms with Gasteiger partial charge in [-0.05, 0) is 107 Å². The minimum Gasteiger partial charge on any atom is -0.508 e. The summed E-state index contributed by atoms with van der Waals surface area (Å²) in [5.74, 6) is -10.1. The first-order chi connectivity index (χ1) is 43.6. The monoisotopic (exact) mass is 1280 g/mol. The van der Waals surface area contributed by atoms with E-state index in [2.05, 4.69) is 47.6 Å². The van der Waals surface area contributed by atoms with Crippen LogP contribution in [0.15, 0.2) is 66.4 Å². The number of H-pyrrole nitrogens is 1. The number of aromatic hydroxyl groups is 1. The van der Waals surface area contributed by atoms with Gasteiger partial charge in [-0.15, -0.1) is 0 Å². The largest absolute Gasteiger partial charge is 0.508 e. The van der Waals surface area contributed by atoms with E-state index in [1.807, 2.05) is 49.6 Å². The third kappa shape index (κ3) is 19.3. The fraction of sp³-hybridized carbons (Fsp3) is 0.547. The number of allylic oxidation sites excluding steroid dienone is 1. The fourth-order valence-electron chi connectivity index (χ4n) is 12.2. The van der Waals surface area contributed by atoms with Gasteiger partial charge in [0.15, 0.2) is 18.0 Å². The summed E-state index contributed by atoms with van der Waals surface area (Å²) in [6, 6.07) is 1.64. The molecule has 0 bridgehead atoms. The number of nitrogens with one attached hydrogen (secondary N) is 10. The van der Waals surface area contributed by atoms with Crippen molar-refractivity contribution < 1.29 is 77.1 Å². The molecule has 2 saturated heterocycles. The van der Waals surface area contributed by atoms with Gasteiger partial charge in [0.2, 0.25) is 47.4 Å². The van der Waals surface area contributed by atoms with Crippen LogP contribution < -0.4 is 53.8 Å². The maximum absolute atomic E-state index is 15.1. The van der Waals surface area contributed by atoms with Crippen LogP contribution >= 0.6 is 0 Å². The lowest BCUT2D eigenvalue weighted by Gasteiger charge is -2.35. The van der Waals surface area contributed by atoms with Crippen molar-refractivity contribution in [3.63, 3.8) is 0 Å². The van der Waals surface area contributed by atoms with Crippen LogP contribution in [0.3, 0.4) is 0 Å². The first-order valence-corrected chi connectivity index (χ1v) is 31.3. The van der Waals surface area contributed by atoms with Crippen molar-refractivity contribution in [3.8, 4) is 5.75 Å². The number of para-hydroxylation sites is 1. The third-order valence-corrected chi connectivity index (χ3v) is 16.6. The Morgan fingerprint density at radius 1 is 0.837 bits per heavy atom. The minimum atomic E-state index is -1.75. The van der Waals surface area contributed by atoms with E-state index >= 15 is 4.79 Å². The number of hydrogen-bond acceptors (Lipinski definition) is 15. The van der Waals surface area contributed by atoms with E-state index in [9.17, 15) is 63.0 Å². The number of hydrogen-bond donors (Lipinski definition) is 13. The second-order valence-corrected chi connectivity index (χ2v) is 25.5. The molecule has 28 nitrogen and oxygen atoms in total. The lowest BCUT2D eigenvalue weighted by molar-refractivity contribution is -0.480. The Morgan fingerprint density at radius 2 is 1.53 bits per heavy atom. The van der Waals surface area contributed by atoms with Crippen LogP contribution in [-0.2, 0) is 70.3 Å². The number of fused-ring (bicyclic) bond motifs is 1. The highest BCUT2D eigenvalue weighted by Crippen LogP contribution is 2.36. The summed E-state index contributed by atoms with van der Waals surface area (Å²) >= 11 is 0. The Morgan fingerprint density at radius 3 is 2.20 bits per heavy atom. The van der Waals surface area contributed by atoms with Crippen molar-refractivity contribution in [2.75, 3.05) is 26.3 Å². The van der Waals surface area contributed by atoms with Crippen molar-refractivity contribution in [2.45, 2.75) is 173 Å². The van der Waals surface area contributed by atoms with Crippen LogP contribution in [-0.4, -0.2) is 182 Å². The van der Waals surface area contributed by atoms with Crippen molar-refractivity contribution in [1.29, 1.82) is 0 Å². The van der Waals surface area contributed by atoms with Gasteiger partial charge in [0.05, 0.1) is 30.8 Å². The van der Waals surface area contributed by atoms with E-state index in [4.69, 9.17) is 10.5 Å². The maximum atomic E-state index is 15.1. The second kappa shape index (κ2) is 31.8. The Balaban J connectivity index is 1.14. The number of nitrogens with zero attached hydrogens (tertiary/aromatic N) is 2. The van der Waals surface area contributed by atoms with E-state index in [0.717, 1.165) is 16.5 Å². The number of hydrazine groups is 1. The zero-order chi connectivity index (χ0) is 67.1. The number of phenols is 1. The molecule has 1 aliphatic carbocycles. The molecule has 0 spiro atoms. The molecule has 4 aliphatic rings. The van der Waals surface area contributed by atoms with Crippen molar-refractivity contribution in [3.05, 3.63) is 77.5 Å². The first kappa shape index (κ1) is 70.4. The number of Topliss-reactive ketones (excluding diaryl/α,β-unsaturated/α-hetero) is 1. The lowest BCUT2D eigenvalue weighted by atomic mass is 9.71. The number of aromatic nitrogens is 1. The first-order valence-electron chi connectivity index (χ1n) is 31.3. The van der Waals surface area contributed by atoms with E-state index in [1.54, 1.807) is 40.1 Å². The summed E-state index contributed by atoms with van der Waals surface area (Å²) in [5, 5.41) is 40.8. The van der Waals surface area contributed by atoms with Gasteiger partial charge in [0, 0.05) is 68.2 Å². The van der Waals surface area contributed by atoms with Crippen LogP contribution in [0.25, 0.3) is 10.9 Å². The topological polar surface area (TPSA) is 411 Å². The van der Waals surface area contributed by atoms with Gasteiger partial charge in [-0.1, -0.05) is 62.8 Å². The zero-order valence-corrected chi connectivity index (χ0v) is 53.1. The summed E-state index contributed by atoms with van der Waals surface area (Å²) in [5.41, 5.74) is 11.1. The number of primary amides is 1. The highest BCUT2D eigenvalue weighted by atomic mass is 16.5. The van der Waals surface area contributed by atoms with E-state index < -0.39 is 144 Å². The predicted octanol–water partition coefficient (Wildman–Crippen LogP) is -0.0285. The third-order valence-electron chi connectivity index (χ3n) is 16.6. The lowest BCUT2D eigenvalue weighted by Crippen LogP contribution is -2.62. The van der Waals surface area contributed by atoms with Crippen molar-refractivity contribution >= 4 is 88.0 Å². The highest BCUT2D eigenvalue weighted by molar-refractivity contribution is 6.00. The average molecular weight is 1280 g/mol. The molecule has 14 N–H and O–H groups in total. The maximum Gasteiger partial charge on any atom is 0.409 e. The number of aliphatic hydroxyl groups excluding tert-OH is 1. The van der Waals surface area contributed by atoms with Crippen LogP contribution in [0, 0.1) is 23.7 Å². The van der Waals surface area contributed by atoms with Gasteiger partial charge in [-0.25, -0.2) is 15.0 Å². The van der Waals surface area contributed by atoms with Crippen LogP contribution in [0.1, 0.15) is 117 Å². The van der Waals surface area contributed by atoms with E-state index in [0.29, 0.717) is 17.5 Å². The molecule has 7 rings (SSSR count). The number of carbonyl (C=O) groups is 12. The highest BCUT2D eigenvalue weighted by Gasteiger charge is 2.49. The molecule has 11 atom stereocenters. The number of aliphatic hydroxyl groups is 1. The minimum absolute atomic E-state index is 0.00974. The Kier molecular flexibility index (Phi) is 24.3. The van der Waals surface area contributed by atoms with Gasteiger partial charge < -0.3 is 67.8 Å². The quantitative estimate of drug-likeness (QED) is 0.0217. The Hall–Kier alpha value is -9.05. The molecule has 1 aromatic heterocycles. The number of ketones is 1. The summed E-state index contributed by atoms with van der Waals surface area (Å²) in [7, 11) is 0. The number of aromatic amines is 1. The number of rotatable bonds is 26. The number of nitrogens with two attached hydrogens (primary N) is 1. The van der Waals surface area contributed by atoms with Crippen LogP contribution in [0.2, 0.25) is 0 Å². The van der Waals surface area contributed by atoms with Gasteiger partial charge in [0.1, 0.15) is 36.0 Å². The van der Waals surface area contributed by atoms with Crippen LogP contribution in [0.4, 0.5) is 4.79 Å². The molecule has 92 heavy (non-hydrogen) atoms. The molecule has 2 aromatic carbocycles. The number of ether oxygens (including phenoxy) is 1. The molecular formula is C64H88N13O15+. The van der Waals surface area contributed by atoms with Gasteiger partial charge in [-0.2, -0.15) is 4.58 Å². The normalized spacial score (nSPS) is 22.1. The molecular weight excluding hydrogens is 1190 g/mol. The van der Waals surface area contributed by atoms with Gasteiger partial charge in [0.25, 0.3) is 11.8 Å². The fourth-order valence-corrected chi connectivity index (χ4v) is 12.2. The van der Waals surface area contributed by atoms with E-state index in [1.165, 1.54) is 40.7 Å². The zero-order valence-electron chi connectivity index (χ0n) is 53.1. The average Bonchev–Trinajstić information content (AvgIpc) is 1.26. The number of phenolic OH excluding ortho intramolecular Hbond substituents is 1. The van der Waals surface area contributed by atoms with Crippen molar-refractivity contribution in [2.24, 2.45) is 29.4 Å². The molecule has 11 unspecified atom stereocenters. The molecule has 498 valence electrons. The summed E-state index contributed by atoms with van der Waals surface area (Å²) < 4.78 is 7.28. The van der Waals surface area contributed by atoms with Gasteiger partial charge in [-0.3, -0.25) is 53.4 Å². The Bertz CT molecular complexity index is 3320. The molecule has 4 heterocycles. The molecule has 12 amide bonds. The number of likely N-dealkylation sites (tertiary alicyclic amines) is 1. The SMILES string of the molecule is CC(=O)NCCCC(C(=O)N1CCCC1C(=O)NNC(N)=O)[N+]1=CC(C)CC(NC(=O)C(COC(C)(C)C)NC(=O)C(Cc2ccc(O)cc2)NC(=O)C(CO)NC(=O)C(Cc2c[nH]c3ccccc23)C2CC(=CC(C)C)CC(NC(=O)C3CCC(=O)N3)C2=O)C1=O. The molecule has 3 aromatic rings. The summed E-state index contributed by atoms with van der Waals surface area (Å²) in [6.07, 6.45) is 6.52. The van der Waals surface area contributed by atoms with Gasteiger partial charge >= 0.3 is 11.9 Å². The number of urea groups is 1. The standard InChI is InChI=1S/C64H87N13O15/c1-34(2)24-38-26-42(54(82)46(28-38)69-56(84)45-20-21-53(81)68-45)43(29-39-30-67-44-13-9-8-12-41(39)44)55(83)72-49(32-78)58(86)70-47(27-37-16-18-40(80)19-17-37)57(85)73-50(33-92-64(5,6)7)59(87)71-48-25-35(3)31-77(61(48)89)52(14-10-22-66-36(4)79)62(90)76-23-11-15-51(76)60(88)74-75-63(65)91/h8-9,12-13,16-19,24,30-31,34-35,42-43,45-52,67,78H,10-11,14-15,20-23,25-29,32-33H2,1-7H3,(H11-,65,66,68,69,70,71,72,73,74,75,79,80,81,83,84,85,86,87,88,91)/p+1. The number of benzene rings is 2. The molecule has 0 radical (unpaired) electrons. The van der Waals surface area contributed by atoms with Crippen molar-refractivity contribution in [1.82, 2.24) is 58.0 Å². The van der Waals surface area contributed by atoms with Crippen LogP contribution in [0.5, 0.6) is 5.75 Å². The smallest absolute Gasteiger partial charge is 0.409 e. The van der Waals surface area contributed by atoms with E-state index in [-0.39, 0.29) is 101 Å². The number of amides is 12. The summed E-state index contributed by atoms with van der Waals surface area (Å²) in [6.45, 7) is 10.9. The number of carbonyl (C=O) groups excluding carboxylic acids is 12. The molecule has 3 aliphatic heterocycles.